The minimum absolute atomic E-state index is 0.349. The summed E-state index contributed by atoms with van der Waals surface area (Å²) in [6.07, 6.45) is 2.01. The van der Waals surface area contributed by atoms with E-state index in [0.717, 1.165) is 16.5 Å². The number of rotatable bonds is 5. The highest BCUT2D eigenvalue weighted by atomic mass is 16.5. The Morgan fingerprint density at radius 1 is 1.08 bits per heavy atom. The van der Waals surface area contributed by atoms with Gasteiger partial charge in [0.15, 0.2) is 0 Å². The summed E-state index contributed by atoms with van der Waals surface area (Å²) in [5, 5.41) is 3.67. The molecular weight excluding hydrogens is 328 g/mol. The van der Waals surface area contributed by atoms with E-state index >= 15 is 0 Å². The number of methoxy groups -OCH3 is 1. The summed E-state index contributed by atoms with van der Waals surface area (Å²) in [5.41, 5.74) is 3.08. The van der Waals surface area contributed by atoms with Crippen molar-refractivity contribution in [2.75, 3.05) is 7.11 Å². The summed E-state index contributed by atoms with van der Waals surface area (Å²) in [4.78, 5) is 29.3. The van der Waals surface area contributed by atoms with Gasteiger partial charge in [-0.3, -0.25) is 9.78 Å². The predicted octanol–water partition coefficient (Wildman–Crippen LogP) is 3.06. The molecule has 0 aliphatic heterocycles. The molecule has 0 spiro atoms. The Bertz CT molecular complexity index is 947. The quantitative estimate of drug-likeness (QED) is 0.720. The van der Waals surface area contributed by atoms with Gasteiger partial charge < -0.3 is 10.1 Å². The fourth-order valence-electron chi connectivity index (χ4n) is 2.92. The monoisotopic (exact) mass is 348 g/mol. The van der Waals surface area contributed by atoms with Gasteiger partial charge in [-0.15, -0.1) is 0 Å². The van der Waals surface area contributed by atoms with Crippen molar-refractivity contribution < 1.29 is 14.3 Å². The molecule has 0 radical (unpaired) electrons. The molecule has 26 heavy (non-hydrogen) atoms. The lowest BCUT2D eigenvalue weighted by molar-refractivity contribution is -0.142. The summed E-state index contributed by atoms with van der Waals surface area (Å²) in [7, 11) is 1.32. The largest absolute Gasteiger partial charge is 0.467 e. The second kappa shape index (κ2) is 7.78. The topological polar surface area (TPSA) is 68.3 Å². The lowest BCUT2D eigenvalue weighted by atomic mass is 10.0. The van der Waals surface area contributed by atoms with Crippen LogP contribution in [0.4, 0.5) is 0 Å². The summed E-state index contributed by atoms with van der Waals surface area (Å²) in [6, 6.07) is 16.1. The van der Waals surface area contributed by atoms with Gasteiger partial charge in [0.1, 0.15) is 6.04 Å². The number of aryl methyl sites for hydroxylation is 1. The number of carbonyl (C=O) groups excluding carboxylic acids is 2. The molecule has 2 aromatic carbocycles. The number of nitrogens with zero attached hydrogens (tertiary/aromatic N) is 1. The summed E-state index contributed by atoms with van der Waals surface area (Å²) in [5.74, 6) is -0.826. The molecule has 1 heterocycles. The molecule has 0 aliphatic rings. The van der Waals surface area contributed by atoms with Crippen LogP contribution in [0.1, 0.15) is 21.5 Å². The highest BCUT2D eigenvalue weighted by Gasteiger charge is 2.24. The fraction of sp³-hybridized carbons (Fsp3) is 0.190. The first kappa shape index (κ1) is 17.6. The molecule has 5 nitrogen and oxygen atoms in total. The Morgan fingerprint density at radius 2 is 1.85 bits per heavy atom. The van der Waals surface area contributed by atoms with Crippen LogP contribution in [0.3, 0.4) is 0 Å². The van der Waals surface area contributed by atoms with Gasteiger partial charge in [-0.05, 0) is 30.2 Å². The molecule has 1 amide bonds. The van der Waals surface area contributed by atoms with E-state index in [0.29, 0.717) is 17.5 Å². The van der Waals surface area contributed by atoms with E-state index in [-0.39, 0.29) is 5.91 Å². The number of nitrogens with one attached hydrogen (secondary N) is 1. The Morgan fingerprint density at radius 3 is 2.62 bits per heavy atom. The second-order valence-corrected chi connectivity index (χ2v) is 6.06. The molecule has 1 aromatic heterocycles. The average molecular weight is 348 g/mol. The molecule has 0 saturated heterocycles. The lowest BCUT2D eigenvalue weighted by Crippen LogP contribution is -2.43. The number of amides is 1. The van der Waals surface area contributed by atoms with Crippen molar-refractivity contribution in [3.8, 4) is 0 Å². The molecule has 0 bridgehead atoms. The molecule has 0 unspecified atom stereocenters. The molecule has 5 heteroatoms. The molecule has 1 N–H and O–H groups in total. The SMILES string of the molecule is COC(=O)[C@H](Cc1ccccc1C)NC(=O)c1cccc2cccnc12. The molecular formula is C21H20N2O3. The number of hydrogen-bond acceptors (Lipinski definition) is 4. The van der Waals surface area contributed by atoms with Crippen molar-refractivity contribution in [1.29, 1.82) is 0 Å². The zero-order valence-corrected chi connectivity index (χ0v) is 14.7. The van der Waals surface area contributed by atoms with Gasteiger partial charge in [0.2, 0.25) is 0 Å². The number of aromatic nitrogens is 1. The van der Waals surface area contributed by atoms with Crippen molar-refractivity contribution >= 4 is 22.8 Å². The van der Waals surface area contributed by atoms with Gasteiger partial charge >= 0.3 is 5.97 Å². The third-order valence-corrected chi connectivity index (χ3v) is 4.35. The number of fused-ring (bicyclic) bond motifs is 1. The number of carbonyl (C=O) groups is 2. The fourth-order valence-corrected chi connectivity index (χ4v) is 2.92. The number of ether oxygens (including phenoxy) is 1. The first-order valence-corrected chi connectivity index (χ1v) is 8.37. The Labute approximate surface area is 152 Å². The van der Waals surface area contributed by atoms with Crippen LogP contribution in [0, 0.1) is 6.92 Å². The maximum Gasteiger partial charge on any atom is 0.328 e. The maximum atomic E-state index is 12.8. The predicted molar refractivity (Wildman–Crippen MR) is 99.9 cm³/mol. The normalized spacial score (nSPS) is 11.8. The zero-order chi connectivity index (χ0) is 18.5. The zero-order valence-electron chi connectivity index (χ0n) is 14.7. The van der Waals surface area contributed by atoms with Crippen LogP contribution in [-0.4, -0.2) is 30.0 Å². The van der Waals surface area contributed by atoms with Gasteiger partial charge in [-0.2, -0.15) is 0 Å². The highest BCUT2D eigenvalue weighted by Crippen LogP contribution is 2.17. The van der Waals surface area contributed by atoms with Crippen molar-refractivity contribution in [2.45, 2.75) is 19.4 Å². The van der Waals surface area contributed by atoms with Crippen LogP contribution in [-0.2, 0) is 16.0 Å². The summed E-state index contributed by atoms with van der Waals surface area (Å²) < 4.78 is 4.88. The Balaban J connectivity index is 1.88. The van der Waals surface area contributed by atoms with Gasteiger partial charge in [0, 0.05) is 18.0 Å². The molecule has 3 rings (SSSR count). The second-order valence-electron chi connectivity index (χ2n) is 6.06. The smallest absolute Gasteiger partial charge is 0.328 e. The Kier molecular flexibility index (Phi) is 5.27. The van der Waals surface area contributed by atoms with Crippen LogP contribution in [0.15, 0.2) is 60.8 Å². The summed E-state index contributed by atoms with van der Waals surface area (Å²) >= 11 is 0. The van der Waals surface area contributed by atoms with E-state index in [9.17, 15) is 9.59 Å². The first-order chi connectivity index (χ1) is 12.6. The molecule has 132 valence electrons. The van der Waals surface area contributed by atoms with Crippen LogP contribution >= 0.6 is 0 Å². The molecule has 0 aliphatic carbocycles. The van der Waals surface area contributed by atoms with Crippen molar-refractivity contribution in [2.24, 2.45) is 0 Å². The molecule has 0 saturated carbocycles. The number of pyridine rings is 1. The van der Waals surface area contributed by atoms with Crippen LogP contribution in [0.2, 0.25) is 0 Å². The Hall–Kier alpha value is -3.21. The third-order valence-electron chi connectivity index (χ3n) is 4.35. The highest BCUT2D eigenvalue weighted by molar-refractivity contribution is 6.06. The standard InChI is InChI=1S/C21H20N2O3/c1-14-7-3-4-8-16(14)13-18(21(25)26-2)23-20(24)17-11-5-9-15-10-6-12-22-19(15)17/h3-12,18H,13H2,1-2H3,(H,23,24)/t18-/m0/s1. The van der Waals surface area contributed by atoms with E-state index in [1.807, 2.05) is 49.4 Å². The van der Waals surface area contributed by atoms with E-state index in [4.69, 9.17) is 4.74 Å². The van der Waals surface area contributed by atoms with Crippen molar-refractivity contribution in [3.05, 3.63) is 77.5 Å². The third kappa shape index (κ3) is 3.72. The van der Waals surface area contributed by atoms with Crippen molar-refractivity contribution in [1.82, 2.24) is 10.3 Å². The van der Waals surface area contributed by atoms with Gasteiger partial charge in [0.25, 0.3) is 5.91 Å². The average Bonchev–Trinajstić information content (AvgIpc) is 2.67. The van der Waals surface area contributed by atoms with Crippen LogP contribution < -0.4 is 5.32 Å². The molecule has 0 fully saturated rings. The van der Waals surface area contributed by atoms with Gasteiger partial charge in [-0.25, -0.2) is 4.79 Å². The van der Waals surface area contributed by atoms with E-state index in [1.165, 1.54) is 7.11 Å². The van der Waals surface area contributed by atoms with Crippen LogP contribution in [0.5, 0.6) is 0 Å². The number of hydrogen-bond donors (Lipinski definition) is 1. The van der Waals surface area contributed by atoms with Crippen molar-refractivity contribution in [3.63, 3.8) is 0 Å². The molecule has 3 aromatic rings. The molecule has 1 atom stereocenters. The summed E-state index contributed by atoms with van der Waals surface area (Å²) in [6.45, 7) is 1.97. The maximum absolute atomic E-state index is 12.8. The minimum atomic E-state index is -0.771. The van der Waals surface area contributed by atoms with E-state index < -0.39 is 12.0 Å². The van der Waals surface area contributed by atoms with E-state index in [1.54, 1.807) is 18.3 Å². The van der Waals surface area contributed by atoms with Gasteiger partial charge in [0.05, 0.1) is 18.2 Å². The number of para-hydroxylation sites is 1. The van der Waals surface area contributed by atoms with E-state index in [2.05, 4.69) is 10.3 Å². The number of esters is 1. The van der Waals surface area contributed by atoms with Gasteiger partial charge in [-0.1, -0.05) is 42.5 Å². The first-order valence-electron chi connectivity index (χ1n) is 8.37. The number of benzene rings is 2. The minimum Gasteiger partial charge on any atom is -0.467 e. The van der Waals surface area contributed by atoms with Crippen LogP contribution in [0.25, 0.3) is 10.9 Å². The lowest BCUT2D eigenvalue weighted by Gasteiger charge is -2.18.